The molecule has 1 aliphatic carbocycles. The van der Waals surface area contributed by atoms with Crippen LogP contribution >= 0.6 is 11.6 Å². The van der Waals surface area contributed by atoms with Crippen LogP contribution in [-0.4, -0.2) is 34.7 Å². The van der Waals surface area contributed by atoms with E-state index in [1.165, 1.54) is 0 Å². The Balaban J connectivity index is 1.58. The number of anilines is 1. The molecule has 2 atom stereocenters. The first kappa shape index (κ1) is 12.8. The van der Waals surface area contributed by atoms with Gasteiger partial charge in [-0.2, -0.15) is 5.10 Å². The molecule has 1 aromatic heterocycles. The molecule has 1 amide bonds. The van der Waals surface area contributed by atoms with Gasteiger partial charge in [-0.3, -0.25) is 9.89 Å². The Bertz CT molecular complexity index is 803. The highest BCUT2D eigenvalue weighted by Gasteiger charge is 2.73. The number of benzene rings is 1. The van der Waals surface area contributed by atoms with Crippen molar-refractivity contribution in [3.63, 3.8) is 0 Å². The van der Waals surface area contributed by atoms with Gasteiger partial charge in [0.2, 0.25) is 5.91 Å². The molecule has 5 rings (SSSR count). The summed E-state index contributed by atoms with van der Waals surface area (Å²) in [5, 5.41) is 12.2. The molecule has 3 heterocycles. The molecule has 0 radical (unpaired) electrons. The van der Waals surface area contributed by atoms with Crippen molar-refractivity contribution in [2.24, 2.45) is 5.41 Å². The molecule has 0 bridgehead atoms. The van der Waals surface area contributed by atoms with Crippen molar-refractivity contribution in [1.29, 1.82) is 0 Å². The summed E-state index contributed by atoms with van der Waals surface area (Å²) >= 11 is 6.27. The second-order valence-electron chi connectivity index (χ2n) is 7.05. The van der Waals surface area contributed by atoms with Crippen molar-refractivity contribution in [1.82, 2.24) is 15.5 Å². The summed E-state index contributed by atoms with van der Waals surface area (Å²) in [4.78, 5) is 14.2. The SMILES string of the molecule is O=C1CC23CCCN(c4cc(Cl)cc5[nH]ncc45)CC2(C3)N1. The zero-order chi connectivity index (χ0) is 14.9. The first-order valence-corrected chi connectivity index (χ1v) is 8.17. The lowest BCUT2D eigenvalue weighted by atomic mass is 9.94. The summed E-state index contributed by atoms with van der Waals surface area (Å²) in [7, 11) is 0. The second kappa shape index (κ2) is 3.96. The van der Waals surface area contributed by atoms with Gasteiger partial charge in [0.15, 0.2) is 0 Å². The average Bonchev–Trinajstić information content (AvgIpc) is 2.78. The molecule has 2 aliphatic heterocycles. The number of fused-ring (bicyclic) bond motifs is 1. The fraction of sp³-hybridized carbons (Fsp3) is 0.500. The van der Waals surface area contributed by atoms with Crippen molar-refractivity contribution in [3.8, 4) is 0 Å². The summed E-state index contributed by atoms with van der Waals surface area (Å²) < 4.78 is 0. The molecule has 3 fully saturated rings. The predicted octanol–water partition coefficient (Wildman–Crippen LogP) is 2.47. The number of H-pyrrole nitrogens is 1. The number of piperidine rings is 1. The van der Waals surface area contributed by atoms with Crippen molar-refractivity contribution in [2.75, 3.05) is 18.0 Å². The minimum absolute atomic E-state index is 0.0149. The summed E-state index contributed by atoms with van der Waals surface area (Å²) in [5.41, 5.74) is 2.28. The van der Waals surface area contributed by atoms with Gasteiger partial charge >= 0.3 is 0 Å². The summed E-state index contributed by atoms with van der Waals surface area (Å²) in [6.45, 7) is 1.87. The minimum atomic E-state index is -0.0149. The molecule has 1 saturated carbocycles. The number of hydrogen-bond acceptors (Lipinski definition) is 3. The maximum Gasteiger partial charge on any atom is 0.221 e. The predicted molar refractivity (Wildman–Crippen MR) is 85.1 cm³/mol. The van der Waals surface area contributed by atoms with Gasteiger partial charge in [0.05, 0.1) is 17.3 Å². The smallest absolute Gasteiger partial charge is 0.221 e. The van der Waals surface area contributed by atoms with Gasteiger partial charge in [-0.05, 0) is 31.4 Å². The van der Waals surface area contributed by atoms with E-state index in [0.29, 0.717) is 11.4 Å². The van der Waals surface area contributed by atoms with Crippen molar-refractivity contribution in [3.05, 3.63) is 23.4 Å². The Morgan fingerprint density at radius 1 is 1.36 bits per heavy atom. The highest BCUT2D eigenvalue weighted by Crippen LogP contribution is 2.66. The van der Waals surface area contributed by atoms with Gasteiger partial charge in [0.25, 0.3) is 0 Å². The van der Waals surface area contributed by atoms with Crippen LogP contribution in [0.2, 0.25) is 5.02 Å². The summed E-state index contributed by atoms with van der Waals surface area (Å²) in [5.74, 6) is 0.215. The number of aromatic amines is 1. The van der Waals surface area contributed by atoms with Gasteiger partial charge < -0.3 is 10.2 Å². The van der Waals surface area contributed by atoms with Crippen molar-refractivity contribution >= 4 is 34.1 Å². The zero-order valence-corrected chi connectivity index (χ0v) is 12.9. The summed E-state index contributed by atoms with van der Waals surface area (Å²) in [6.07, 6.45) is 5.94. The quantitative estimate of drug-likeness (QED) is 0.849. The van der Waals surface area contributed by atoms with E-state index in [4.69, 9.17) is 11.6 Å². The highest BCUT2D eigenvalue weighted by molar-refractivity contribution is 6.31. The van der Waals surface area contributed by atoms with E-state index in [0.717, 1.165) is 48.9 Å². The number of hydrogen-bond donors (Lipinski definition) is 2. The Hall–Kier alpha value is -1.75. The Kier molecular flexibility index (Phi) is 2.30. The lowest BCUT2D eigenvalue weighted by molar-refractivity contribution is -0.120. The minimum Gasteiger partial charge on any atom is -0.369 e. The molecule has 2 unspecified atom stereocenters. The third-order valence-electron chi connectivity index (χ3n) is 5.79. The van der Waals surface area contributed by atoms with E-state index in [-0.39, 0.29) is 16.9 Å². The van der Waals surface area contributed by atoms with E-state index in [9.17, 15) is 4.79 Å². The van der Waals surface area contributed by atoms with Crippen LogP contribution in [0.4, 0.5) is 5.69 Å². The van der Waals surface area contributed by atoms with Crippen LogP contribution in [0.5, 0.6) is 0 Å². The number of amides is 1. The summed E-state index contributed by atoms with van der Waals surface area (Å²) in [6, 6.07) is 3.92. The highest BCUT2D eigenvalue weighted by atomic mass is 35.5. The Morgan fingerprint density at radius 2 is 2.27 bits per heavy atom. The number of carbonyl (C=O) groups is 1. The molecule has 22 heavy (non-hydrogen) atoms. The van der Waals surface area contributed by atoms with Crippen molar-refractivity contribution in [2.45, 2.75) is 31.2 Å². The number of nitrogens with one attached hydrogen (secondary N) is 2. The van der Waals surface area contributed by atoms with Crippen LogP contribution in [0.25, 0.3) is 10.9 Å². The van der Waals surface area contributed by atoms with Gasteiger partial charge in [-0.15, -0.1) is 0 Å². The Labute approximate surface area is 133 Å². The molecular weight excluding hydrogens is 300 g/mol. The van der Waals surface area contributed by atoms with E-state index in [2.05, 4.69) is 20.4 Å². The Morgan fingerprint density at radius 3 is 3.18 bits per heavy atom. The molecule has 5 nitrogen and oxygen atoms in total. The molecule has 2 saturated heterocycles. The molecular formula is C16H17ClN4O. The normalized spacial score (nSPS) is 33.3. The van der Waals surface area contributed by atoms with E-state index in [1.807, 2.05) is 18.3 Å². The third kappa shape index (κ3) is 1.55. The van der Waals surface area contributed by atoms with Gasteiger partial charge in [0, 0.05) is 41.0 Å². The lowest BCUT2D eigenvalue weighted by Crippen LogP contribution is -2.43. The maximum atomic E-state index is 11.9. The first-order valence-electron chi connectivity index (χ1n) is 7.80. The van der Waals surface area contributed by atoms with Crippen LogP contribution in [-0.2, 0) is 4.79 Å². The fourth-order valence-corrected chi connectivity index (χ4v) is 4.93. The first-order chi connectivity index (χ1) is 10.6. The molecule has 2 N–H and O–H groups in total. The standard InChI is InChI=1S/C16H17ClN4O/c17-10-4-12-11(7-18-20-12)13(5-10)21-3-1-2-15-6-14(22)19-16(15,8-15)9-21/h4-5,7H,1-3,6,8-9H2,(H,18,20)(H,19,22). The van der Waals surface area contributed by atoms with Crippen LogP contribution in [0.3, 0.4) is 0 Å². The monoisotopic (exact) mass is 316 g/mol. The number of nitrogens with zero attached hydrogens (tertiary/aromatic N) is 2. The number of rotatable bonds is 1. The number of aromatic nitrogens is 2. The molecule has 3 aliphatic rings. The topological polar surface area (TPSA) is 61.0 Å². The number of carbonyl (C=O) groups excluding carboxylic acids is 1. The van der Waals surface area contributed by atoms with E-state index in [1.54, 1.807) is 0 Å². The average molecular weight is 317 g/mol. The van der Waals surface area contributed by atoms with Gasteiger partial charge in [-0.1, -0.05) is 11.6 Å². The second-order valence-corrected chi connectivity index (χ2v) is 7.48. The van der Waals surface area contributed by atoms with Gasteiger partial charge in [0.1, 0.15) is 0 Å². The lowest BCUT2D eigenvalue weighted by Gasteiger charge is -2.28. The molecule has 2 aromatic rings. The maximum absolute atomic E-state index is 11.9. The van der Waals surface area contributed by atoms with Crippen molar-refractivity contribution < 1.29 is 4.79 Å². The van der Waals surface area contributed by atoms with Crippen LogP contribution in [0, 0.1) is 5.41 Å². The zero-order valence-electron chi connectivity index (χ0n) is 12.2. The van der Waals surface area contributed by atoms with E-state index < -0.39 is 0 Å². The number of halogens is 1. The van der Waals surface area contributed by atoms with Crippen LogP contribution in [0.1, 0.15) is 25.7 Å². The van der Waals surface area contributed by atoms with Crippen LogP contribution in [0.15, 0.2) is 18.3 Å². The molecule has 6 heteroatoms. The largest absolute Gasteiger partial charge is 0.369 e. The molecule has 114 valence electrons. The van der Waals surface area contributed by atoms with E-state index >= 15 is 0 Å². The molecule has 1 aromatic carbocycles. The van der Waals surface area contributed by atoms with Gasteiger partial charge in [-0.25, -0.2) is 0 Å². The third-order valence-corrected chi connectivity index (χ3v) is 6.01. The van der Waals surface area contributed by atoms with Crippen LogP contribution < -0.4 is 10.2 Å². The fourth-order valence-electron chi connectivity index (χ4n) is 4.72. The molecule has 0 spiro atoms.